The number of carbonyl (C=O) groups is 2. The topological polar surface area (TPSA) is 93.0 Å². The molecule has 0 radical (unpaired) electrons. The smallest absolute Gasteiger partial charge is 0.433 e. The van der Waals surface area contributed by atoms with Crippen molar-refractivity contribution in [2.75, 3.05) is 13.2 Å². The first-order chi connectivity index (χ1) is 14.3. The van der Waals surface area contributed by atoms with Gasteiger partial charge in [0.2, 0.25) is 0 Å². The van der Waals surface area contributed by atoms with E-state index in [9.17, 15) is 9.59 Å². The molecule has 0 aliphatic carbocycles. The summed E-state index contributed by atoms with van der Waals surface area (Å²) in [5.74, 6) is 0.433. The van der Waals surface area contributed by atoms with Crippen LogP contribution in [0.25, 0.3) is 0 Å². The van der Waals surface area contributed by atoms with Crippen LogP contribution in [0, 0.1) is 0 Å². The summed E-state index contributed by atoms with van der Waals surface area (Å²) in [6.45, 7) is 19.0. The molecule has 2 aliphatic heterocycles. The fraction of sp³-hybridized carbons (Fsp3) is 0.636. The third-order valence-electron chi connectivity index (χ3n) is 4.30. The van der Waals surface area contributed by atoms with Crippen molar-refractivity contribution < 1.29 is 23.8 Å². The number of ether oxygens (including phenoxy) is 3. The molecule has 9 heteroatoms. The maximum Gasteiger partial charge on any atom is 0.433 e. The molecule has 0 aromatic carbocycles. The molecular weight excluding hydrogens is 400 g/mol. The number of hydrogen-bond acceptors (Lipinski definition) is 7. The summed E-state index contributed by atoms with van der Waals surface area (Å²) < 4.78 is 16.9. The average molecular weight is 435 g/mol. The van der Waals surface area contributed by atoms with Crippen molar-refractivity contribution in [2.24, 2.45) is 10.1 Å². The third kappa shape index (κ3) is 7.20. The fourth-order valence-corrected chi connectivity index (χ4v) is 3.07. The summed E-state index contributed by atoms with van der Waals surface area (Å²) >= 11 is 0. The first kappa shape index (κ1) is 24.6. The maximum atomic E-state index is 12.6. The van der Waals surface area contributed by atoms with Gasteiger partial charge < -0.3 is 14.2 Å². The Hall–Kier alpha value is -2.68. The zero-order valence-corrected chi connectivity index (χ0v) is 19.4. The molecule has 2 amide bonds. The Morgan fingerprint density at radius 1 is 1.16 bits per heavy atom. The molecule has 1 unspecified atom stereocenters. The maximum absolute atomic E-state index is 12.6. The Labute approximate surface area is 184 Å². The van der Waals surface area contributed by atoms with Crippen LogP contribution in [0.5, 0.6) is 0 Å². The number of carbonyl (C=O) groups excluding carboxylic acids is 2. The molecule has 2 aliphatic rings. The highest BCUT2D eigenvalue weighted by molar-refractivity contribution is 5.81. The van der Waals surface area contributed by atoms with E-state index in [1.54, 1.807) is 20.8 Å². The van der Waals surface area contributed by atoms with E-state index in [1.807, 2.05) is 20.8 Å². The molecule has 9 nitrogen and oxygen atoms in total. The molecule has 0 aromatic heterocycles. The van der Waals surface area contributed by atoms with Gasteiger partial charge in [-0.1, -0.05) is 6.58 Å². The fourth-order valence-electron chi connectivity index (χ4n) is 3.07. The van der Waals surface area contributed by atoms with Crippen LogP contribution in [0.2, 0.25) is 0 Å². The highest BCUT2D eigenvalue weighted by Crippen LogP contribution is 2.27. The zero-order valence-electron chi connectivity index (χ0n) is 19.4. The van der Waals surface area contributed by atoms with Crippen molar-refractivity contribution in [3.05, 3.63) is 23.5 Å². The van der Waals surface area contributed by atoms with Gasteiger partial charge in [0.05, 0.1) is 12.8 Å². The third-order valence-corrected chi connectivity index (χ3v) is 4.30. The quantitative estimate of drug-likeness (QED) is 0.609. The number of hydrogen-bond donors (Lipinski definition) is 0. The van der Waals surface area contributed by atoms with E-state index in [0.29, 0.717) is 25.2 Å². The predicted octanol–water partition coefficient (Wildman–Crippen LogP) is 4.46. The molecule has 0 spiro atoms. The number of rotatable bonds is 4. The van der Waals surface area contributed by atoms with E-state index in [4.69, 9.17) is 14.2 Å². The van der Waals surface area contributed by atoms with E-state index in [1.165, 1.54) is 16.1 Å². The second-order valence-corrected chi connectivity index (χ2v) is 9.52. The molecule has 0 fully saturated rings. The molecule has 1 atom stereocenters. The van der Waals surface area contributed by atoms with Crippen LogP contribution in [-0.2, 0) is 14.2 Å². The second kappa shape index (κ2) is 9.64. The lowest BCUT2D eigenvalue weighted by Gasteiger charge is -2.34. The highest BCUT2D eigenvalue weighted by atomic mass is 16.6. The van der Waals surface area contributed by atoms with Crippen LogP contribution < -0.4 is 0 Å². The summed E-state index contributed by atoms with van der Waals surface area (Å²) in [6, 6.07) is 0. The van der Waals surface area contributed by atoms with Crippen LogP contribution in [0.1, 0.15) is 60.8 Å². The molecule has 31 heavy (non-hydrogen) atoms. The van der Waals surface area contributed by atoms with Crippen molar-refractivity contribution in [1.82, 2.24) is 9.91 Å². The molecule has 0 N–H and O–H groups in total. The Kier molecular flexibility index (Phi) is 7.64. The van der Waals surface area contributed by atoms with E-state index >= 15 is 0 Å². The minimum atomic E-state index is -0.678. The Morgan fingerprint density at radius 2 is 1.77 bits per heavy atom. The summed E-state index contributed by atoms with van der Waals surface area (Å²) in [7, 11) is 0. The van der Waals surface area contributed by atoms with Crippen molar-refractivity contribution >= 4 is 25.1 Å². The first-order valence-corrected chi connectivity index (χ1v) is 10.4. The number of nitrogens with zero attached hydrogens (tertiary/aromatic N) is 4. The number of aliphatic imine (C=N–C) groups is 1. The van der Waals surface area contributed by atoms with E-state index in [0.717, 1.165) is 17.6 Å². The minimum Gasteiger partial charge on any atom is -0.443 e. The molecule has 0 saturated heterocycles. The van der Waals surface area contributed by atoms with Gasteiger partial charge in [-0.2, -0.15) is 10.1 Å². The number of amides is 2. The molecule has 0 bridgehead atoms. The lowest BCUT2D eigenvalue weighted by atomic mass is 10.1. The van der Waals surface area contributed by atoms with E-state index < -0.39 is 29.6 Å². The molecule has 2 heterocycles. The van der Waals surface area contributed by atoms with Gasteiger partial charge in [-0.15, -0.1) is 0 Å². The van der Waals surface area contributed by atoms with Gasteiger partial charge in [-0.05, 0) is 72.2 Å². The van der Waals surface area contributed by atoms with Gasteiger partial charge in [0.1, 0.15) is 17.0 Å². The lowest BCUT2D eigenvalue weighted by Crippen LogP contribution is -2.44. The van der Waals surface area contributed by atoms with Crippen LogP contribution in [0.4, 0.5) is 9.59 Å². The van der Waals surface area contributed by atoms with Gasteiger partial charge >= 0.3 is 12.2 Å². The largest absolute Gasteiger partial charge is 0.443 e. The standard InChI is InChI=1S/C22H34N4O5/c1-15-12-17(26(24-13-15)20(28)31-22(5,6)7)29-14-16-10-9-11-25(18(16)23-8)19(27)30-21(2,3)4/h13,17H,1,8-12,14H2,2-7H3. The summed E-state index contributed by atoms with van der Waals surface area (Å²) in [6.07, 6.45) is 1.59. The monoisotopic (exact) mass is 434 g/mol. The van der Waals surface area contributed by atoms with Crippen molar-refractivity contribution in [3.8, 4) is 0 Å². The SMILES string of the molecule is C=NC1=C(COC2CC(=C)C=NN2C(=O)OC(C)(C)C)CCCN1C(=O)OC(C)(C)C. The molecule has 2 rings (SSSR count). The van der Waals surface area contributed by atoms with Crippen LogP contribution >= 0.6 is 0 Å². The Balaban J connectivity index is 2.16. The van der Waals surface area contributed by atoms with E-state index in [-0.39, 0.29) is 6.61 Å². The molecule has 0 aromatic rings. The number of hydrazone groups is 1. The van der Waals surface area contributed by atoms with Crippen molar-refractivity contribution in [3.63, 3.8) is 0 Å². The summed E-state index contributed by atoms with van der Waals surface area (Å²) in [5, 5.41) is 5.31. The Bertz CT molecular complexity index is 789. The van der Waals surface area contributed by atoms with Gasteiger partial charge in [0.15, 0.2) is 6.23 Å². The molecule has 0 saturated carbocycles. The average Bonchev–Trinajstić information content (AvgIpc) is 2.63. The minimum absolute atomic E-state index is 0.153. The van der Waals surface area contributed by atoms with Gasteiger partial charge in [0, 0.05) is 13.0 Å². The van der Waals surface area contributed by atoms with Gasteiger partial charge in [0.25, 0.3) is 0 Å². The van der Waals surface area contributed by atoms with Gasteiger partial charge in [-0.3, -0.25) is 4.90 Å². The molecular formula is C22H34N4O5. The first-order valence-electron chi connectivity index (χ1n) is 10.4. The lowest BCUT2D eigenvalue weighted by molar-refractivity contribution is -0.0628. The van der Waals surface area contributed by atoms with Crippen molar-refractivity contribution in [1.29, 1.82) is 0 Å². The van der Waals surface area contributed by atoms with E-state index in [2.05, 4.69) is 23.4 Å². The van der Waals surface area contributed by atoms with Crippen LogP contribution in [-0.4, -0.2) is 65.6 Å². The summed E-state index contributed by atoms with van der Waals surface area (Å²) in [5.41, 5.74) is 0.258. The van der Waals surface area contributed by atoms with Crippen LogP contribution in [0.15, 0.2) is 33.6 Å². The van der Waals surface area contributed by atoms with Crippen LogP contribution in [0.3, 0.4) is 0 Å². The normalized spacial score (nSPS) is 20.1. The molecule has 172 valence electrons. The summed E-state index contributed by atoms with van der Waals surface area (Å²) in [4.78, 5) is 30.7. The highest BCUT2D eigenvalue weighted by Gasteiger charge is 2.33. The predicted molar refractivity (Wildman–Crippen MR) is 119 cm³/mol. The van der Waals surface area contributed by atoms with Crippen molar-refractivity contribution in [2.45, 2.75) is 78.2 Å². The Morgan fingerprint density at radius 3 is 2.35 bits per heavy atom. The second-order valence-electron chi connectivity index (χ2n) is 9.52. The zero-order chi connectivity index (χ0) is 23.4. The van der Waals surface area contributed by atoms with Gasteiger partial charge in [-0.25, -0.2) is 14.6 Å².